The molecule has 0 unspecified atom stereocenters. The Labute approximate surface area is 127 Å². The third-order valence-electron chi connectivity index (χ3n) is 3.17. The molecular formula is C16H15N5O. The van der Waals surface area contributed by atoms with Crippen molar-refractivity contribution >= 4 is 5.91 Å². The van der Waals surface area contributed by atoms with Gasteiger partial charge >= 0.3 is 0 Å². The molecule has 0 radical (unpaired) electrons. The van der Waals surface area contributed by atoms with E-state index in [0.29, 0.717) is 12.1 Å². The predicted octanol–water partition coefficient (Wildman–Crippen LogP) is 1.90. The number of rotatable bonds is 4. The van der Waals surface area contributed by atoms with Crippen LogP contribution in [-0.4, -0.2) is 25.7 Å². The SMILES string of the molecule is Cc1ccc(C(=O)NCc2ccc(-n3cccn3)nc2)cn1. The summed E-state index contributed by atoms with van der Waals surface area (Å²) in [5.41, 5.74) is 2.35. The second kappa shape index (κ2) is 6.17. The lowest BCUT2D eigenvalue weighted by atomic mass is 10.2. The number of carbonyl (C=O) groups is 1. The number of pyridine rings is 2. The van der Waals surface area contributed by atoms with Gasteiger partial charge in [-0.1, -0.05) is 6.07 Å². The van der Waals surface area contributed by atoms with Crippen molar-refractivity contribution in [1.29, 1.82) is 0 Å². The first-order valence-electron chi connectivity index (χ1n) is 6.88. The van der Waals surface area contributed by atoms with Crippen molar-refractivity contribution in [2.45, 2.75) is 13.5 Å². The average molecular weight is 293 g/mol. The topological polar surface area (TPSA) is 72.7 Å². The van der Waals surface area contributed by atoms with Crippen LogP contribution >= 0.6 is 0 Å². The Kier molecular flexibility index (Phi) is 3.91. The molecule has 0 spiro atoms. The Morgan fingerprint density at radius 3 is 2.73 bits per heavy atom. The van der Waals surface area contributed by atoms with Crippen LogP contribution in [-0.2, 0) is 6.54 Å². The summed E-state index contributed by atoms with van der Waals surface area (Å²) in [6.07, 6.45) is 6.83. The maximum atomic E-state index is 12.0. The molecule has 0 saturated heterocycles. The van der Waals surface area contributed by atoms with Gasteiger partial charge in [-0.3, -0.25) is 9.78 Å². The van der Waals surface area contributed by atoms with Crippen molar-refractivity contribution in [3.8, 4) is 5.82 Å². The van der Waals surface area contributed by atoms with E-state index in [0.717, 1.165) is 17.1 Å². The zero-order chi connectivity index (χ0) is 15.4. The fraction of sp³-hybridized carbons (Fsp3) is 0.125. The van der Waals surface area contributed by atoms with E-state index < -0.39 is 0 Å². The molecule has 3 heterocycles. The maximum Gasteiger partial charge on any atom is 0.253 e. The van der Waals surface area contributed by atoms with Crippen LogP contribution in [0.2, 0.25) is 0 Å². The van der Waals surface area contributed by atoms with Gasteiger partial charge in [0.2, 0.25) is 0 Å². The number of carbonyl (C=O) groups excluding carboxylic acids is 1. The molecule has 0 aliphatic heterocycles. The van der Waals surface area contributed by atoms with Gasteiger partial charge in [0.1, 0.15) is 0 Å². The first-order valence-corrected chi connectivity index (χ1v) is 6.88. The summed E-state index contributed by atoms with van der Waals surface area (Å²) in [6, 6.07) is 9.19. The minimum atomic E-state index is -0.149. The van der Waals surface area contributed by atoms with Crippen molar-refractivity contribution < 1.29 is 4.79 Å². The molecule has 0 aliphatic carbocycles. The van der Waals surface area contributed by atoms with Crippen LogP contribution in [0, 0.1) is 6.92 Å². The molecular weight excluding hydrogens is 278 g/mol. The van der Waals surface area contributed by atoms with E-state index in [1.165, 1.54) is 0 Å². The van der Waals surface area contributed by atoms with E-state index in [-0.39, 0.29) is 5.91 Å². The largest absolute Gasteiger partial charge is 0.348 e. The van der Waals surface area contributed by atoms with Crippen LogP contribution in [0.15, 0.2) is 55.1 Å². The van der Waals surface area contributed by atoms with E-state index in [4.69, 9.17) is 0 Å². The molecule has 0 fully saturated rings. The summed E-state index contributed by atoms with van der Waals surface area (Å²) in [7, 11) is 0. The van der Waals surface area contributed by atoms with Gasteiger partial charge in [-0.05, 0) is 36.8 Å². The standard InChI is InChI=1S/C16H15N5O/c1-12-3-5-14(11-17-12)16(22)19-10-13-4-6-15(18-9-13)21-8-2-7-20-21/h2-9,11H,10H2,1H3,(H,19,22). The van der Waals surface area contributed by atoms with Crippen LogP contribution in [0.5, 0.6) is 0 Å². The van der Waals surface area contributed by atoms with Crippen molar-refractivity contribution in [1.82, 2.24) is 25.1 Å². The molecule has 0 aliphatic rings. The zero-order valence-corrected chi connectivity index (χ0v) is 12.1. The summed E-state index contributed by atoms with van der Waals surface area (Å²) < 4.78 is 1.68. The first kappa shape index (κ1) is 13.9. The Morgan fingerprint density at radius 1 is 1.18 bits per heavy atom. The van der Waals surface area contributed by atoms with Gasteiger partial charge in [0, 0.05) is 37.0 Å². The normalized spacial score (nSPS) is 10.4. The fourth-order valence-electron chi connectivity index (χ4n) is 1.95. The third kappa shape index (κ3) is 3.17. The van der Waals surface area contributed by atoms with Crippen molar-refractivity contribution in [3.63, 3.8) is 0 Å². The van der Waals surface area contributed by atoms with Gasteiger partial charge in [-0.25, -0.2) is 9.67 Å². The van der Waals surface area contributed by atoms with E-state index >= 15 is 0 Å². The Bertz CT molecular complexity index is 748. The number of aryl methyl sites for hydroxylation is 1. The highest BCUT2D eigenvalue weighted by Gasteiger charge is 2.06. The lowest BCUT2D eigenvalue weighted by Gasteiger charge is -2.06. The van der Waals surface area contributed by atoms with Crippen LogP contribution in [0.4, 0.5) is 0 Å². The molecule has 1 N–H and O–H groups in total. The second-order valence-electron chi connectivity index (χ2n) is 4.85. The van der Waals surface area contributed by atoms with E-state index in [2.05, 4.69) is 20.4 Å². The van der Waals surface area contributed by atoms with Gasteiger partial charge in [0.15, 0.2) is 5.82 Å². The molecule has 110 valence electrons. The number of nitrogens with zero attached hydrogens (tertiary/aromatic N) is 4. The summed E-state index contributed by atoms with van der Waals surface area (Å²) in [6.45, 7) is 2.30. The zero-order valence-electron chi connectivity index (χ0n) is 12.1. The van der Waals surface area contributed by atoms with Crippen LogP contribution < -0.4 is 5.32 Å². The van der Waals surface area contributed by atoms with Gasteiger partial charge in [0.25, 0.3) is 5.91 Å². The highest BCUT2D eigenvalue weighted by atomic mass is 16.1. The van der Waals surface area contributed by atoms with Crippen LogP contribution in [0.1, 0.15) is 21.6 Å². The highest BCUT2D eigenvalue weighted by Crippen LogP contribution is 2.05. The summed E-state index contributed by atoms with van der Waals surface area (Å²) in [4.78, 5) is 20.4. The molecule has 3 aromatic rings. The molecule has 6 nitrogen and oxygen atoms in total. The Hall–Kier alpha value is -3.02. The molecule has 6 heteroatoms. The molecule has 3 aromatic heterocycles. The monoisotopic (exact) mass is 293 g/mol. The van der Waals surface area contributed by atoms with Crippen molar-refractivity contribution in [2.24, 2.45) is 0 Å². The van der Waals surface area contributed by atoms with Crippen LogP contribution in [0.3, 0.4) is 0 Å². The van der Waals surface area contributed by atoms with Gasteiger partial charge < -0.3 is 5.32 Å². The van der Waals surface area contributed by atoms with E-state index in [9.17, 15) is 4.79 Å². The second-order valence-corrected chi connectivity index (χ2v) is 4.85. The molecule has 1 amide bonds. The molecule has 22 heavy (non-hydrogen) atoms. The summed E-state index contributed by atoms with van der Waals surface area (Å²) >= 11 is 0. The molecule has 0 aromatic carbocycles. The minimum absolute atomic E-state index is 0.149. The summed E-state index contributed by atoms with van der Waals surface area (Å²) in [5, 5.41) is 6.96. The third-order valence-corrected chi connectivity index (χ3v) is 3.17. The quantitative estimate of drug-likeness (QED) is 0.797. The maximum absolute atomic E-state index is 12.0. The van der Waals surface area contributed by atoms with Crippen molar-refractivity contribution in [2.75, 3.05) is 0 Å². The predicted molar refractivity (Wildman–Crippen MR) is 81.5 cm³/mol. The highest BCUT2D eigenvalue weighted by molar-refractivity contribution is 5.93. The summed E-state index contributed by atoms with van der Waals surface area (Å²) in [5.74, 6) is 0.589. The van der Waals surface area contributed by atoms with Gasteiger partial charge in [-0.2, -0.15) is 5.10 Å². The average Bonchev–Trinajstić information content (AvgIpc) is 3.08. The van der Waals surface area contributed by atoms with Gasteiger partial charge in [-0.15, -0.1) is 0 Å². The molecule has 0 saturated carbocycles. The number of hydrogen-bond donors (Lipinski definition) is 1. The smallest absolute Gasteiger partial charge is 0.253 e. The molecule has 0 atom stereocenters. The Morgan fingerprint density at radius 2 is 2.09 bits per heavy atom. The number of amides is 1. The van der Waals surface area contributed by atoms with Crippen molar-refractivity contribution in [3.05, 3.63) is 71.9 Å². The number of aromatic nitrogens is 4. The van der Waals surface area contributed by atoms with E-state index in [1.54, 1.807) is 29.3 Å². The lowest BCUT2D eigenvalue weighted by molar-refractivity contribution is 0.0950. The number of nitrogens with one attached hydrogen (secondary N) is 1. The fourth-order valence-corrected chi connectivity index (χ4v) is 1.95. The molecule has 3 rings (SSSR count). The Balaban J connectivity index is 1.61. The number of hydrogen-bond acceptors (Lipinski definition) is 4. The van der Waals surface area contributed by atoms with E-state index in [1.807, 2.05) is 37.4 Å². The lowest BCUT2D eigenvalue weighted by Crippen LogP contribution is -2.23. The van der Waals surface area contributed by atoms with Crippen LogP contribution in [0.25, 0.3) is 5.82 Å². The molecule has 0 bridgehead atoms. The minimum Gasteiger partial charge on any atom is -0.348 e. The first-order chi connectivity index (χ1) is 10.7. The van der Waals surface area contributed by atoms with Gasteiger partial charge in [0.05, 0.1) is 5.56 Å².